The lowest BCUT2D eigenvalue weighted by molar-refractivity contribution is -0.118. The van der Waals surface area contributed by atoms with Gasteiger partial charge in [0.25, 0.3) is 5.91 Å². The number of carbonyl (C=O) groups excluding carboxylic acids is 1. The number of thiazole rings is 1. The minimum atomic E-state index is -0.208. The van der Waals surface area contributed by atoms with Crippen molar-refractivity contribution in [1.29, 1.82) is 0 Å². The number of ether oxygens (including phenoxy) is 1. The van der Waals surface area contributed by atoms with E-state index in [1.807, 2.05) is 43.3 Å². The third kappa shape index (κ3) is 3.87. The maximum absolute atomic E-state index is 12.0. The molecule has 1 amide bonds. The molecule has 3 rings (SSSR count). The Bertz CT molecular complexity index is 825. The van der Waals surface area contributed by atoms with Crippen LogP contribution >= 0.6 is 11.3 Å². The lowest BCUT2D eigenvalue weighted by Gasteiger charge is -2.06. The van der Waals surface area contributed by atoms with E-state index in [1.54, 1.807) is 0 Å². The van der Waals surface area contributed by atoms with Gasteiger partial charge in [-0.1, -0.05) is 36.5 Å². The highest BCUT2D eigenvalue weighted by atomic mass is 32.1. The second-order valence-corrected chi connectivity index (χ2v) is 6.36. The molecule has 2 aromatic carbocycles. The molecule has 1 aromatic heterocycles. The number of benzene rings is 2. The second-order valence-electron chi connectivity index (χ2n) is 5.32. The summed E-state index contributed by atoms with van der Waals surface area (Å²) in [5.74, 6) is 0.484. The fraction of sp³-hybridized carbons (Fsp3) is 0.222. The molecule has 4 nitrogen and oxygen atoms in total. The molecule has 0 radical (unpaired) electrons. The van der Waals surface area contributed by atoms with E-state index in [0.29, 0.717) is 10.9 Å². The van der Waals surface area contributed by atoms with Crippen molar-refractivity contribution in [3.63, 3.8) is 0 Å². The van der Waals surface area contributed by atoms with E-state index in [0.717, 1.165) is 16.6 Å². The van der Waals surface area contributed by atoms with Crippen LogP contribution in [-0.4, -0.2) is 17.5 Å². The molecule has 0 saturated carbocycles. The average molecular weight is 326 g/mol. The summed E-state index contributed by atoms with van der Waals surface area (Å²) in [4.78, 5) is 16.4. The molecule has 1 heterocycles. The molecule has 0 spiro atoms. The van der Waals surface area contributed by atoms with Gasteiger partial charge in [0.1, 0.15) is 5.75 Å². The zero-order chi connectivity index (χ0) is 16.2. The number of nitrogens with zero attached hydrogens (tertiary/aromatic N) is 1. The molecular formula is C18H18N2O2S. The first-order valence-electron chi connectivity index (χ1n) is 7.53. The Kier molecular flexibility index (Phi) is 4.57. The molecule has 5 heteroatoms. The summed E-state index contributed by atoms with van der Waals surface area (Å²) in [6.07, 6.45) is 0.984. The van der Waals surface area contributed by atoms with Gasteiger partial charge in [-0.15, -0.1) is 0 Å². The number of aromatic nitrogens is 1. The quantitative estimate of drug-likeness (QED) is 0.765. The molecule has 0 aliphatic carbocycles. The Morgan fingerprint density at radius 1 is 1.22 bits per heavy atom. The molecule has 0 fully saturated rings. The highest BCUT2D eigenvalue weighted by Gasteiger charge is 2.08. The zero-order valence-corrected chi connectivity index (χ0v) is 13.9. The smallest absolute Gasteiger partial charge is 0.264 e. The van der Waals surface area contributed by atoms with Gasteiger partial charge in [0.2, 0.25) is 0 Å². The number of carbonyl (C=O) groups is 1. The first-order chi connectivity index (χ1) is 11.1. The van der Waals surface area contributed by atoms with Crippen LogP contribution in [0.15, 0.2) is 42.5 Å². The molecule has 0 bridgehead atoms. The van der Waals surface area contributed by atoms with Crippen LogP contribution in [0.4, 0.5) is 5.13 Å². The molecular weight excluding hydrogens is 308 g/mol. The van der Waals surface area contributed by atoms with Crippen molar-refractivity contribution in [3.05, 3.63) is 53.6 Å². The molecule has 0 saturated heterocycles. The Labute approximate surface area is 139 Å². The van der Waals surface area contributed by atoms with Crippen LogP contribution in [0.1, 0.15) is 18.1 Å². The standard InChI is InChI=1S/C18H18N2O2S/c1-3-13-5-7-14(8-6-13)22-11-17(21)20-18-19-15-9-4-12(2)10-16(15)23-18/h4-10H,3,11H2,1-2H3,(H,19,20,21). The van der Waals surface area contributed by atoms with Crippen molar-refractivity contribution in [2.75, 3.05) is 11.9 Å². The van der Waals surface area contributed by atoms with Crippen LogP contribution in [0.3, 0.4) is 0 Å². The Hall–Kier alpha value is -2.40. The summed E-state index contributed by atoms with van der Waals surface area (Å²) < 4.78 is 6.56. The summed E-state index contributed by atoms with van der Waals surface area (Å²) in [7, 11) is 0. The maximum Gasteiger partial charge on any atom is 0.264 e. The van der Waals surface area contributed by atoms with Gasteiger partial charge < -0.3 is 4.74 Å². The summed E-state index contributed by atoms with van der Waals surface area (Å²) in [6, 6.07) is 13.8. The fourth-order valence-electron chi connectivity index (χ4n) is 2.21. The van der Waals surface area contributed by atoms with Crippen molar-refractivity contribution in [2.24, 2.45) is 0 Å². The minimum absolute atomic E-state index is 0.0274. The van der Waals surface area contributed by atoms with Crippen LogP contribution < -0.4 is 10.1 Å². The van der Waals surface area contributed by atoms with E-state index in [2.05, 4.69) is 23.3 Å². The van der Waals surface area contributed by atoms with Crippen LogP contribution in [0.2, 0.25) is 0 Å². The van der Waals surface area contributed by atoms with E-state index in [9.17, 15) is 4.79 Å². The highest BCUT2D eigenvalue weighted by molar-refractivity contribution is 7.22. The van der Waals surface area contributed by atoms with Gasteiger partial charge in [0.05, 0.1) is 10.2 Å². The van der Waals surface area contributed by atoms with Crippen LogP contribution in [0.25, 0.3) is 10.2 Å². The number of hydrogen-bond acceptors (Lipinski definition) is 4. The van der Waals surface area contributed by atoms with Gasteiger partial charge >= 0.3 is 0 Å². The Morgan fingerprint density at radius 2 is 2.00 bits per heavy atom. The summed E-state index contributed by atoms with van der Waals surface area (Å²) in [5, 5.41) is 3.38. The topological polar surface area (TPSA) is 51.2 Å². The van der Waals surface area contributed by atoms with Crippen molar-refractivity contribution < 1.29 is 9.53 Å². The molecule has 0 unspecified atom stereocenters. The van der Waals surface area contributed by atoms with Crippen LogP contribution in [-0.2, 0) is 11.2 Å². The van der Waals surface area contributed by atoms with E-state index >= 15 is 0 Å². The number of fused-ring (bicyclic) bond motifs is 1. The van der Waals surface area contributed by atoms with Gasteiger partial charge in [-0.25, -0.2) is 4.98 Å². The van der Waals surface area contributed by atoms with Gasteiger partial charge in [-0.2, -0.15) is 0 Å². The first kappa shape index (κ1) is 15.5. The second kappa shape index (κ2) is 6.79. The van der Waals surface area contributed by atoms with Gasteiger partial charge in [-0.3, -0.25) is 10.1 Å². The SMILES string of the molecule is CCc1ccc(OCC(=O)Nc2nc3ccc(C)cc3s2)cc1. The molecule has 3 aromatic rings. The number of anilines is 1. The lowest BCUT2D eigenvalue weighted by Crippen LogP contribution is -2.19. The minimum Gasteiger partial charge on any atom is -0.484 e. The predicted molar refractivity (Wildman–Crippen MR) is 94.3 cm³/mol. The molecule has 0 aliphatic rings. The number of rotatable bonds is 5. The number of aryl methyl sites for hydroxylation is 2. The lowest BCUT2D eigenvalue weighted by atomic mass is 10.2. The van der Waals surface area contributed by atoms with E-state index in [1.165, 1.54) is 22.5 Å². The van der Waals surface area contributed by atoms with Gasteiger partial charge in [-0.05, 0) is 48.7 Å². The largest absolute Gasteiger partial charge is 0.484 e. The third-order valence-corrected chi connectivity index (χ3v) is 4.43. The van der Waals surface area contributed by atoms with E-state index in [-0.39, 0.29) is 12.5 Å². The van der Waals surface area contributed by atoms with Crippen molar-refractivity contribution in [1.82, 2.24) is 4.98 Å². The Balaban J connectivity index is 1.59. The number of nitrogens with one attached hydrogen (secondary N) is 1. The fourth-order valence-corrected chi connectivity index (χ4v) is 3.19. The monoisotopic (exact) mass is 326 g/mol. The van der Waals surface area contributed by atoms with Gasteiger partial charge in [0, 0.05) is 0 Å². The van der Waals surface area contributed by atoms with Crippen molar-refractivity contribution >= 4 is 32.6 Å². The molecule has 23 heavy (non-hydrogen) atoms. The van der Waals surface area contributed by atoms with E-state index < -0.39 is 0 Å². The molecule has 118 valence electrons. The van der Waals surface area contributed by atoms with E-state index in [4.69, 9.17) is 4.74 Å². The normalized spacial score (nSPS) is 10.7. The molecule has 1 N–H and O–H groups in total. The highest BCUT2D eigenvalue weighted by Crippen LogP contribution is 2.26. The first-order valence-corrected chi connectivity index (χ1v) is 8.34. The summed E-state index contributed by atoms with van der Waals surface area (Å²) in [5.41, 5.74) is 3.32. The third-order valence-electron chi connectivity index (χ3n) is 3.49. The maximum atomic E-state index is 12.0. The number of hydrogen-bond donors (Lipinski definition) is 1. The molecule has 0 atom stereocenters. The van der Waals surface area contributed by atoms with Crippen molar-refractivity contribution in [2.45, 2.75) is 20.3 Å². The zero-order valence-electron chi connectivity index (χ0n) is 13.1. The van der Waals surface area contributed by atoms with Crippen LogP contribution in [0, 0.1) is 6.92 Å². The predicted octanol–water partition coefficient (Wildman–Crippen LogP) is 4.18. The average Bonchev–Trinajstić information content (AvgIpc) is 2.94. The van der Waals surface area contributed by atoms with Crippen molar-refractivity contribution in [3.8, 4) is 5.75 Å². The van der Waals surface area contributed by atoms with Crippen LogP contribution in [0.5, 0.6) is 5.75 Å². The number of amides is 1. The Morgan fingerprint density at radius 3 is 2.74 bits per heavy atom. The molecule has 0 aliphatic heterocycles. The summed E-state index contributed by atoms with van der Waals surface area (Å²) >= 11 is 1.47. The van der Waals surface area contributed by atoms with Gasteiger partial charge in [0.15, 0.2) is 11.7 Å². The summed E-state index contributed by atoms with van der Waals surface area (Å²) in [6.45, 7) is 4.11.